The monoisotopic (exact) mass is 302 g/mol. The number of nitrogens with zero attached hydrogens (tertiary/aromatic N) is 1. The molecule has 1 aromatic rings. The lowest BCUT2D eigenvalue weighted by Crippen LogP contribution is -2.33. The molecular formula is C12H19BrN2O2. The number of halogens is 1. The number of aliphatic hydroxyl groups is 1. The first kappa shape index (κ1) is 14.3. The van der Waals surface area contributed by atoms with Gasteiger partial charge in [-0.2, -0.15) is 0 Å². The molecule has 1 heterocycles. The van der Waals surface area contributed by atoms with Crippen molar-refractivity contribution in [1.82, 2.24) is 9.88 Å². The summed E-state index contributed by atoms with van der Waals surface area (Å²) in [5, 5.41) is 12.4. The Morgan fingerprint density at radius 1 is 1.59 bits per heavy atom. The lowest BCUT2D eigenvalue weighted by atomic mass is 10.1. The van der Waals surface area contributed by atoms with Gasteiger partial charge in [0, 0.05) is 24.3 Å². The molecule has 0 aliphatic rings. The van der Waals surface area contributed by atoms with Crippen LogP contribution in [-0.4, -0.2) is 28.2 Å². The van der Waals surface area contributed by atoms with Crippen molar-refractivity contribution in [2.75, 3.05) is 6.54 Å². The molecule has 1 aromatic heterocycles. The fourth-order valence-electron chi connectivity index (χ4n) is 1.68. The third kappa shape index (κ3) is 4.52. The van der Waals surface area contributed by atoms with Crippen LogP contribution in [0.3, 0.4) is 0 Å². The number of nitrogens with one attached hydrogen (secondary N) is 1. The Hall–Kier alpha value is -0.810. The van der Waals surface area contributed by atoms with E-state index in [4.69, 9.17) is 0 Å². The highest BCUT2D eigenvalue weighted by Gasteiger charge is 2.13. The largest absolute Gasteiger partial charge is 0.391 e. The van der Waals surface area contributed by atoms with Crippen LogP contribution in [0.5, 0.6) is 0 Å². The molecule has 0 saturated carbocycles. The van der Waals surface area contributed by atoms with E-state index in [-0.39, 0.29) is 5.91 Å². The summed E-state index contributed by atoms with van der Waals surface area (Å²) >= 11 is 3.31. The average Bonchev–Trinajstić information content (AvgIpc) is 2.53. The Morgan fingerprint density at radius 3 is 2.71 bits per heavy atom. The van der Waals surface area contributed by atoms with Gasteiger partial charge in [0.05, 0.1) is 6.10 Å². The van der Waals surface area contributed by atoms with E-state index in [0.717, 1.165) is 4.47 Å². The van der Waals surface area contributed by atoms with Crippen molar-refractivity contribution in [3.63, 3.8) is 0 Å². The Balaban J connectivity index is 2.47. The lowest BCUT2D eigenvalue weighted by molar-refractivity contribution is 0.0892. The first-order valence-corrected chi connectivity index (χ1v) is 6.47. The summed E-state index contributed by atoms with van der Waals surface area (Å²) in [5.41, 5.74) is 0.577. The molecule has 2 N–H and O–H groups in total. The number of aryl methyl sites for hydroxylation is 1. The molecule has 0 aliphatic carbocycles. The van der Waals surface area contributed by atoms with Crippen LogP contribution in [0.2, 0.25) is 0 Å². The highest BCUT2D eigenvalue weighted by atomic mass is 79.9. The number of aliphatic hydroxyl groups excluding tert-OH is 1. The van der Waals surface area contributed by atoms with Crippen molar-refractivity contribution < 1.29 is 9.90 Å². The third-order valence-electron chi connectivity index (χ3n) is 2.45. The van der Waals surface area contributed by atoms with Crippen molar-refractivity contribution in [3.05, 3.63) is 22.4 Å². The fourth-order valence-corrected chi connectivity index (χ4v) is 2.20. The van der Waals surface area contributed by atoms with E-state index < -0.39 is 6.10 Å². The fraction of sp³-hybridized carbons (Fsp3) is 0.583. The average molecular weight is 303 g/mol. The molecule has 4 nitrogen and oxygen atoms in total. The SMILES string of the molecule is CC(C)CC(O)CNC(=O)c1cc(Br)cn1C. The van der Waals surface area contributed by atoms with E-state index in [1.165, 1.54) is 0 Å². The van der Waals surface area contributed by atoms with Gasteiger partial charge >= 0.3 is 0 Å². The van der Waals surface area contributed by atoms with Crippen molar-refractivity contribution in [3.8, 4) is 0 Å². The van der Waals surface area contributed by atoms with Crippen molar-refractivity contribution >= 4 is 21.8 Å². The zero-order valence-electron chi connectivity index (χ0n) is 10.4. The Kier molecular flexibility index (Phi) is 5.21. The smallest absolute Gasteiger partial charge is 0.268 e. The summed E-state index contributed by atoms with van der Waals surface area (Å²) in [6, 6.07) is 1.75. The van der Waals surface area contributed by atoms with Gasteiger partial charge in [-0.1, -0.05) is 13.8 Å². The van der Waals surface area contributed by atoms with Gasteiger partial charge in [0.1, 0.15) is 5.69 Å². The van der Waals surface area contributed by atoms with Gasteiger partial charge in [-0.15, -0.1) is 0 Å². The van der Waals surface area contributed by atoms with E-state index in [1.54, 1.807) is 10.6 Å². The second-order valence-corrected chi connectivity index (χ2v) is 5.56. The molecule has 17 heavy (non-hydrogen) atoms. The summed E-state index contributed by atoms with van der Waals surface area (Å²) in [4.78, 5) is 11.8. The molecule has 0 radical (unpaired) electrons. The molecule has 96 valence electrons. The number of amides is 1. The van der Waals surface area contributed by atoms with Crippen LogP contribution < -0.4 is 5.32 Å². The Labute approximate surface area is 110 Å². The molecule has 0 spiro atoms. The molecule has 1 rings (SSSR count). The highest BCUT2D eigenvalue weighted by molar-refractivity contribution is 9.10. The number of hydrogen-bond acceptors (Lipinski definition) is 2. The van der Waals surface area contributed by atoms with Crippen LogP contribution in [0.25, 0.3) is 0 Å². The van der Waals surface area contributed by atoms with Gasteiger partial charge in [-0.05, 0) is 34.3 Å². The van der Waals surface area contributed by atoms with Crippen molar-refractivity contribution in [1.29, 1.82) is 0 Å². The third-order valence-corrected chi connectivity index (χ3v) is 2.88. The number of carbonyl (C=O) groups is 1. The predicted molar refractivity (Wildman–Crippen MR) is 70.9 cm³/mol. The molecular weight excluding hydrogens is 284 g/mol. The van der Waals surface area contributed by atoms with Crippen LogP contribution in [0.4, 0.5) is 0 Å². The summed E-state index contributed by atoms with van der Waals surface area (Å²) < 4.78 is 2.61. The Bertz CT molecular complexity index is 388. The van der Waals surface area contributed by atoms with Crippen LogP contribution >= 0.6 is 15.9 Å². The molecule has 5 heteroatoms. The Morgan fingerprint density at radius 2 is 2.24 bits per heavy atom. The number of rotatable bonds is 5. The van der Waals surface area contributed by atoms with E-state index in [0.29, 0.717) is 24.6 Å². The topological polar surface area (TPSA) is 54.3 Å². The minimum Gasteiger partial charge on any atom is -0.391 e. The summed E-state index contributed by atoms with van der Waals surface area (Å²) in [6.45, 7) is 4.37. The summed E-state index contributed by atoms with van der Waals surface area (Å²) in [7, 11) is 1.81. The maximum atomic E-state index is 11.8. The highest BCUT2D eigenvalue weighted by Crippen LogP contribution is 2.13. The minimum absolute atomic E-state index is 0.166. The molecule has 0 aliphatic heterocycles. The van der Waals surface area contributed by atoms with E-state index in [2.05, 4.69) is 21.2 Å². The molecule has 1 unspecified atom stereocenters. The summed E-state index contributed by atoms with van der Waals surface area (Å²) in [5.74, 6) is 0.257. The molecule has 1 amide bonds. The van der Waals surface area contributed by atoms with Crippen LogP contribution in [0.15, 0.2) is 16.7 Å². The van der Waals surface area contributed by atoms with Crippen molar-refractivity contribution in [2.24, 2.45) is 13.0 Å². The normalized spacial score (nSPS) is 12.8. The zero-order chi connectivity index (χ0) is 13.0. The van der Waals surface area contributed by atoms with Crippen molar-refractivity contribution in [2.45, 2.75) is 26.4 Å². The number of aromatic nitrogens is 1. The summed E-state index contributed by atoms with van der Waals surface area (Å²) in [6.07, 6.45) is 2.03. The van der Waals surface area contributed by atoms with Crippen LogP contribution in [0.1, 0.15) is 30.8 Å². The van der Waals surface area contributed by atoms with Gasteiger partial charge in [-0.25, -0.2) is 0 Å². The molecule has 0 aromatic carbocycles. The minimum atomic E-state index is -0.484. The zero-order valence-corrected chi connectivity index (χ0v) is 12.0. The van der Waals surface area contributed by atoms with Gasteiger partial charge in [0.25, 0.3) is 5.91 Å². The first-order valence-electron chi connectivity index (χ1n) is 5.68. The second-order valence-electron chi connectivity index (χ2n) is 4.65. The van der Waals surface area contributed by atoms with E-state index >= 15 is 0 Å². The molecule has 0 bridgehead atoms. The van der Waals surface area contributed by atoms with E-state index in [1.807, 2.05) is 27.1 Å². The van der Waals surface area contributed by atoms with Gasteiger partial charge in [-0.3, -0.25) is 4.79 Å². The maximum absolute atomic E-state index is 11.8. The standard InChI is InChI=1S/C12H19BrN2O2/c1-8(2)4-10(16)6-14-12(17)11-5-9(13)7-15(11)3/h5,7-8,10,16H,4,6H2,1-3H3,(H,14,17). The number of hydrogen-bond donors (Lipinski definition) is 2. The second kappa shape index (κ2) is 6.21. The molecule has 1 atom stereocenters. The van der Waals surface area contributed by atoms with Crippen LogP contribution in [0, 0.1) is 5.92 Å². The maximum Gasteiger partial charge on any atom is 0.268 e. The molecule has 0 fully saturated rings. The van der Waals surface area contributed by atoms with Gasteiger partial charge < -0.3 is 15.0 Å². The van der Waals surface area contributed by atoms with Crippen LogP contribution in [-0.2, 0) is 7.05 Å². The van der Waals surface area contributed by atoms with Gasteiger partial charge in [0.15, 0.2) is 0 Å². The first-order chi connectivity index (χ1) is 7.90. The lowest BCUT2D eigenvalue weighted by Gasteiger charge is -2.13. The quantitative estimate of drug-likeness (QED) is 0.873. The predicted octanol–water partition coefficient (Wildman–Crippen LogP) is 1.92. The number of carbonyl (C=O) groups excluding carboxylic acids is 1. The molecule has 0 saturated heterocycles. The van der Waals surface area contributed by atoms with Gasteiger partial charge in [0.2, 0.25) is 0 Å². The van der Waals surface area contributed by atoms with E-state index in [9.17, 15) is 9.90 Å².